The zero-order chi connectivity index (χ0) is 11.7. The Morgan fingerprint density at radius 3 is 0.500 bits per heavy atom. The summed E-state index contributed by atoms with van der Waals surface area (Å²) >= 11 is 0. The van der Waals surface area contributed by atoms with Gasteiger partial charge >= 0.3 is 0 Å². The van der Waals surface area contributed by atoms with E-state index in [9.17, 15) is 0 Å². The van der Waals surface area contributed by atoms with Crippen LogP contribution in [0.2, 0.25) is 0 Å². The molecule has 0 aromatic carbocycles. The molecule has 6 radical (unpaired) electrons. The normalized spacial score (nSPS) is 16.8. The van der Waals surface area contributed by atoms with Crippen molar-refractivity contribution in [1.82, 2.24) is 0 Å². The van der Waals surface area contributed by atoms with Gasteiger partial charge in [-0.3, -0.25) is 14.4 Å². The largest absolute Gasteiger partial charge is 0.281 e. The molecule has 1 aliphatic carbocycles. The summed E-state index contributed by atoms with van der Waals surface area (Å²) in [7, 11) is 0. The number of hydrogen-bond donors (Lipinski definition) is 0. The Labute approximate surface area is 117 Å². The monoisotopic (exact) mass is 300 g/mol. The van der Waals surface area contributed by atoms with Gasteiger partial charge in [-0.2, -0.15) is 0 Å². The average molecular weight is 300 g/mol. The topological polar surface area (TPSA) is 51.2 Å². The fraction of sp³-hybridized carbons (Fsp3) is 0. The first-order valence-corrected chi connectivity index (χ1v) is 3.28. The van der Waals surface area contributed by atoms with E-state index in [-0.39, 0.29) is 34.1 Å². The zero-order valence-corrected chi connectivity index (χ0v) is 10.3. The van der Waals surface area contributed by atoms with Crippen molar-refractivity contribution in [3.8, 4) is 0 Å². The minimum Gasteiger partial charge on any atom is -0.281 e. The molecule has 5 heteroatoms. The molecule has 0 saturated carbocycles. The Balaban J connectivity index is -0.0000000445. The van der Waals surface area contributed by atoms with Gasteiger partial charge in [0, 0.05) is 34.1 Å². The van der Waals surface area contributed by atoms with E-state index >= 15 is 0 Å². The summed E-state index contributed by atoms with van der Waals surface area (Å²) in [6, 6.07) is 0. The fourth-order valence-electron chi connectivity index (χ4n) is 0.513. The van der Waals surface area contributed by atoms with Gasteiger partial charge in [-0.1, -0.05) is 48.6 Å². The molecule has 0 bridgehead atoms. The van der Waals surface area contributed by atoms with Crippen molar-refractivity contribution < 1.29 is 48.5 Å². The van der Waals surface area contributed by atoms with Gasteiger partial charge in [-0.05, 0) is 0 Å². The molecular weight excluding hydrogens is 292 g/mol. The summed E-state index contributed by atoms with van der Waals surface area (Å²) in [5, 5.41) is 0. The maximum Gasteiger partial charge on any atom is 0.281 e. The van der Waals surface area contributed by atoms with E-state index in [1.54, 1.807) is 0 Å². The maximum atomic E-state index is 7.50. The van der Waals surface area contributed by atoms with E-state index in [0.717, 1.165) is 0 Å². The first kappa shape index (κ1) is 29.4. The average Bonchev–Trinajstić information content (AvgIpc) is 2.26. The molecule has 0 N–H and O–H groups in total. The molecule has 0 aromatic heterocycles. The molecule has 0 unspecified atom stereocenters. The van der Waals surface area contributed by atoms with Crippen molar-refractivity contribution in [2.24, 2.45) is 0 Å². The van der Waals surface area contributed by atoms with E-state index in [4.69, 9.17) is 14.4 Å². The molecule has 0 spiro atoms. The minimum absolute atomic E-state index is 0. The second-order valence-corrected chi connectivity index (χ2v) is 1.54. The van der Waals surface area contributed by atoms with Crippen molar-refractivity contribution in [2.75, 3.05) is 0 Å². The van der Waals surface area contributed by atoms with Crippen molar-refractivity contribution in [2.45, 2.75) is 0 Å². The first-order valence-electron chi connectivity index (χ1n) is 3.28. The molecule has 1 rings (SSSR count). The van der Waals surface area contributed by atoms with Crippen LogP contribution in [0.3, 0.4) is 0 Å². The predicted octanol–water partition coefficient (Wildman–Crippen LogP) is 1.03. The van der Waals surface area contributed by atoms with Gasteiger partial charge in [0.15, 0.2) is 0 Å². The Kier molecular flexibility index (Phi) is 88.7. The minimum atomic E-state index is 0. The van der Waals surface area contributed by atoms with Crippen LogP contribution in [0.5, 0.6) is 0 Å². The van der Waals surface area contributed by atoms with E-state index in [0.29, 0.717) is 0 Å². The van der Waals surface area contributed by atoms with Crippen molar-refractivity contribution in [3.05, 3.63) is 48.6 Å². The van der Waals surface area contributed by atoms with Crippen LogP contribution in [0.15, 0.2) is 48.6 Å². The Morgan fingerprint density at radius 1 is 0.375 bits per heavy atom. The number of hydrogen-bond acceptors (Lipinski definition) is 3. The van der Waals surface area contributed by atoms with E-state index in [1.807, 2.05) is 48.6 Å². The van der Waals surface area contributed by atoms with Crippen LogP contribution in [-0.4, -0.2) is 20.4 Å². The second kappa shape index (κ2) is 48.3. The van der Waals surface area contributed by atoms with Crippen molar-refractivity contribution in [3.63, 3.8) is 0 Å². The van der Waals surface area contributed by atoms with Crippen molar-refractivity contribution in [1.29, 1.82) is 0 Å². The summed E-state index contributed by atoms with van der Waals surface area (Å²) in [5.41, 5.74) is 0. The molecule has 0 heterocycles. The molecule has 86 valence electrons. The van der Waals surface area contributed by atoms with Gasteiger partial charge in [0.25, 0.3) is 20.4 Å². The van der Waals surface area contributed by atoms with Gasteiger partial charge in [-0.15, -0.1) is 0 Å². The molecule has 1 aliphatic rings. The molecule has 0 fully saturated rings. The number of carbonyl (C=O) groups excluding carboxylic acids is 3. The quantitative estimate of drug-likeness (QED) is 0.628. The van der Waals surface area contributed by atoms with Crippen LogP contribution >= 0.6 is 0 Å². The molecule has 16 heavy (non-hydrogen) atoms. The standard InChI is InChI=1S/C8H8.3CO.2Fe/c1-2-4-6-8-7-5-3-1;3*1-2;;/h1-8H;;;;;/b2-1-,3-1?,4-2?,5-3-,6-4-,7-5?,8-6?,8-7-;;;;;. The molecule has 0 amide bonds. The SMILES string of the molecule is C1=C\C=C/C=C\C=C/1.[C]=O.[C]=O.[C]=O.[Fe].[Fe]. The van der Waals surface area contributed by atoms with Crippen LogP contribution in [-0.2, 0) is 48.5 Å². The van der Waals surface area contributed by atoms with Crippen LogP contribution in [0.4, 0.5) is 0 Å². The van der Waals surface area contributed by atoms with Crippen molar-refractivity contribution >= 4 is 20.4 Å². The molecule has 0 saturated heterocycles. The summed E-state index contributed by atoms with van der Waals surface area (Å²) in [4.78, 5) is 22.5. The third kappa shape index (κ3) is 38.2. The van der Waals surface area contributed by atoms with Gasteiger partial charge < -0.3 is 0 Å². The van der Waals surface area contributed by atoms with Gasteiger partial charge in [0.1, 0.15) is 0 Å². The summed E-state index contributed by atoms with van der Waals surface area (Å²) in [5.74, 6) is 0. The maximum absolute atomic E-state index is 7.50. The molecule has 0 atom stereocenters. The third-order valence-corrected chi connectivity index (χ3v) is 0.889. The number of rotatable bonds is 0. The summed E-state index contributed by atoms with van der Waals surface area (Å²) in [6.45, 7) is 13.5. The van der Waals surface area contributed by atoms with Crippen LogP contribution < -0.4 is 0 Å². The van der Waals surface area contributed by atoms with Gasteiger partial charge in [0.2, 0.25) is 0 Å². The number of allylic oxidation sites excluding steroid dienone is 8. The zero-order valence-electron chi connectivity index (χ0n) is 8.05. The molecule has 3 nitrogen and oxygen atoms in total. The first-order chi connectivity index (χ1) is 7.00. The fourth-order valence-corrected chi connectivity index (χ4v) is 0.513. The molecule has 0 aromatic rings. The van der Waals surface area contributed by atoms with Gasteiger partial charge in [0.05, 0.1) is 0 Å². The molecule has 0 aliphatic heterocycles. The van der Waals surface area contributed by atoms with Crippen LogP contribution in [0.25, 0.3) is 0 Å². The summed E-state index contributed by atoms with van der Waals surface area (Å²) < 4.78 is 0. The predicted molar refractivity (Wildman–Crippen MR) is 53.6 cm³/mol. The van der Waals surface area contributed by atoms with E-state index < -0.39 is 0 Å². The molecular formula is C11H8Fe2O3. The van der Waals surface area contributed by atoms with E-state index in [2.05, 4.69) is 20.4 Å². The Bertz CT molecular complexity index is 151. The van der Waals surface area contributed by atoms with E-state index in [1.165, 1.54) is 0 Å². The second-order valence-electron chi connectivity index (χ2n) is 1.54. The Hall–Kier alpha value is -0.991. The van der Waals surface area contributed by atoms with Crippen LogP contribution in [0.1, 0.15) is 0 Å². The smallest absolute Gasteiger partial charge is 0.281 e. The van der Waals surface area contributed by atoms with Crippen LogP contribution in [0, 0.1) is 0 Å². The third-order valence-electron chi connectivity index (χ3n) is 0.889. The summed E-state index contributed by atoms with van der Waals surface area (Å²) in [6.07, 6.45) is 16.0. The van der Waals surface area contributed by atoms with Gasteiger partial charge in [-0.25, -0.2) is 0 Å². The Morgan fingerprint density at radius 2 is 0.438 bits per heavy atom.